The minimum atomic E-state index is 0.145. The van der Waals surface area contributed by atoms with E-state index < -0.39 is 0 Å². The van der Waals surface area contributed by atoms with Gasteiger partial charge < -0.3 is 20.3 Å². The second kappa shape index (κ2) is 15.5. The lowest BCUT2D eigenvalue weighted by molar-refractivity contribution is -0.121. The van der Waals surface area contributed by atoms with Gasteiger partial charge in [-0.05, 0) is 120 Å². The molecule has 0 heterocycles. The average Bonchev–Trinajstić information content (AvgIpc) is 2.88. The van der Waals surface area contributed by atoms with Crippen molar-refractivity contribution in [1.29, 1.82) is 0 Å². The summed E-state index contributed by atoms with van der Waals surface area (Å²) >= 11 is 0. The minimum absolute atomic E-state index is 0.145. The Hall–Kier alpha value is -2.86. The van der Waals surface area contributed by atoms with Gasteiger partial charge >= 0.3 is 0 Å². The number of hydrogen-bond donors (Lipinski definition) is 2. The molecule has 2 N–H and O–H groups in total. The summed E-state index contributed by atoms with van der Waals surface area (Å²) < 4.78 is 5.23. The van der Waals surface area contributed by atoms with Gasteiger partial charge in [0.15, 0.2) is 5.78 Å². The highest BCUT2D eigenvalue weighted by atomic mass is 16.5. The van der Waals surface area contributed by atoms with Crippen molar-refractivity contribution in [2.75, 3.05) is 44.9 Å². The molecule has 6 nitrogen and oxygen atoms in total. The fourth-order valence-corrected chi connectivity index (χ4v) is 5.16. The number of ketones is 1. The molecule has 2 aromatic rings. The number of carbonyl (C=O) groups excluding carboxylic acids is 2. The van der Waals surface area contributed by atoms with Crippen LogP contribution < -0.4 is 15.4 Å². The number of Topliss-reactive ketones (excluding diaryl/α,β-unsaturated/α-hetero) is 1. The number of ether oxygens (including phenoxy) is 1. The molecule has 1 aliphatic carbocycles. The first-order chi connectivity index (χ1) is 18.1. The normalized spacial score (nSPS) is 16.9. The van der Waals surface area contributed by atoms with Crippen LogP contribution in [-0.2, 0) is 11.2 Å². The molecule has 6 heteroatoms. The first-order valence-electron chi connectivity index (χ1n) is 14.1. The number of nitrogens with zero attached hydrogens (tertiary/aromatic N) is 1. The Morgan fingerprint density at radius 1 is 0.974 bits per heavy atom. The molecular weight excluding hydrogens is 474 g/mol. The second-order valence-electron chi connectivity index (χ2n) is 10.8. The summed E-state index contributed by atoms with van der Waals surface area (Å²) in [6, 6.07) is 9.87. The molecule has 1 saturated carbocycles. The van der Waals surface area contributed by atoms with E-state index in [-0.39, 0.29) is 17.6 Å². The van der Waals surface area contributed by atoms with E-state index in [4.69, 9.17) is 4.74 Å². The molecule has 1 aliphatic rings. The molecule has 0 spiro atoms. The maximum absolute atomic E-state index is 12.3. The number of anilines is 2. The fraction of sp³-hybridized carbons (Fsp3) is 0.562. The van der Waals surface area contributed by atoms with Crippen molar-refractivity contribution in [3.05, 3.63) is 52.6 Å². The van der Waals surface area contributed by atoms with Crippen molar-refractivity contribution in [2.45, 2.75) is 73.1 Å². The van der Waals surface area contributed by atoms with Gasteiger partial charge in [0.05, 0.1) is 7.11 Å². The van der Waals surface area contributed by atoms with Gasteiger partial charge in [-0.25, -0.2) is 0 Å². The zero-order chi connectivity index (χ0) is 28.2. The first kappa shape index (κ1) is 31.4. The topological polar surface area (TPSA) is 70.7 Å². The number of methoxy groups -OCH3 is 1. The third-order valence-corrected chi connectivity index (χ3v) is 7.55. The van der Waals surface area contributed by atoms with Crippen LogP contribution in [0.5, 0.6) is 5.75 Å². The number of rotatable bonds is 10. The summed E-state index contributed by atoms with van der Waals surface area (Å²) in [5, 5.41) is 6.41. The van der Waals surface area contributed by atoms with Crippen molar-refractivity contribution in [2.24, 2.45) is 11.8 Å². The standard InChI is InChI=1S/C17H25NO2.C15H24N2O/c1-4-13-5-7-14(8-6-13)17(19)18-15-9-10-16(20-3)12(2)11-15;1-6-14-11(2)9-13(10-15(14)12(3)18)16-7-8-17(4)5/h9-11,13-14H,4-8H2,1-3H3,(H,18,19);9-10,16H,6-8H2,1-5H3. The molecule has 0 radical (unpaired) electrons. The van der Waals surface area contributed by atoms with Crippen LogP contribution in [0.4, 0.5) is 11.4 Å². The van der Waals surface area contributed by atoms with Crippen LogP contribution in [0.1, 0.15) is 79.9 Å². The van der Waals surface area contributed by atoms with Gasteiger partial charge in [-0.1, -0.05) is 20.3 Å². The Kier molecular flexibility index (Phi) is 12.8. The summed E-state index contributed by atoms with van der Waals surface area (Å²) in [6.45, 7) is 11.9. The molecule has 38 heavy (non-hydrogen) atoms. The number of hydrogen-bond acceptors (Lipinski definition) is 5. The predicted molar refractivity (Wildman–Crippen MR) is 160 cm³/mol. The highest BCUT2D eigenvalue weighted by molar-refractivity contribution is 5.97. The largest absolute Gasteiger partial charge is 0.496 e. The average molecular weight is 524 g/mol. The molecule has 2 aromatic carbocycles. The third-order valence-electron chi connectivity index (χ3n) is 7.55. The summed E-state index contributed by atoms with van der Waals surface area (Å²) in [4.78, 5) is 26.1. The third kappa shape index (κ3) is 9.46. The Morgan fingerprint density at radius 3 is 2.16 bits per heavy atom. The fourth-order valence-electron chi connectivity index (χ4n) is 5.16. The lowest BCUT2D eigenvalue weighted by Crippen LogP contribution is -2.27. The lowest BCUT2D eigenvalue weighted by Gasteiger charge is -2.27. The Balaban J connectivity index is 0.000000269. The Morgan fingerprint density at radius 2 is 1.63 bits per heavy atom. The van der Waals surface area contributed by atoms with E-state index in [2.05, 4.69) is 42.4 Å². The summed E-state index contributed by atoms with van der Waals surface area (Å²) in [6.07, 6.45) is 6.58. The van der Waals surface area contributed by atoms with Crippen LogP contribution >= 0.6 is 0 Å². The van der Waals surface area contributed by atoms with Crippen molar-refractivity contribution < 1.29 is 14.3 Å². The molecule has 0 unspecified atom stereocenters. The van der Waals surface area contributed by atoms with Crippen LogP contribution in [0.25, 0.3) is 0 Å². The van der Waals surface area contributed by atoms with Gasteiger partial charge in [0.1, 0.15) is 5.75 Å². The van der Waals surface area contributed by atoms with Crippen LogP contribution in [0, 0.1) is 25.7 Å². The monoisotopic (exact) mass is 523 g/mol. The first-order valence-corrected chi connectivity index (χ1v) is 14.1. The van der Waals surface area contributed by atoms with Gasteiger partial charge in [0, 0.05) is 35.9 Å². The van der Waals surface area contributed by atoms with E-state index in [0.717, 1.165) is 66.5 Å². The number of benzene rings is 2. The molecule has 1 amide bonds. The molecule has 0 atom stereocenters. The molecule has 1 fully saturated rings. The van der Waals surface area contributed by atoms with Crippen LogP contribution in [0.15, 0.2) is 30.3 Å². The predicted octanol–water partition coefficient (Wildman–Crippen LogP) is 6.89. The van der Waals surface area contributed by atoms with Crippen molar-refractivity contribution in [1.82, 2.24) is 4.90 Å². The van der Waals surface area contributed by atoms with Crippen LogP contribution in [0.2, 0.25) is 0 Å². The number of amides is 1. The Bertz CT molecular complexity index is 1060. The van der Waals surface area contributed by atoms with E-state index in [1.54, 1.807) is 14.0 Å². The number of aryl methyl sites for hydroxylation is 2. The number of carbonyl (C=O) groups is 2. The van der Waals surface area contributed by atoms with Gasteiger partial charge in [-0.3, -0.25) is 9.59 Å². The van der Waals surface area contributed by atoms with E-state index in [1.165, 1.54) is 30.4 Å². The zero-order valence-corrected chi connectivity index (χ0v) is 24.9. The number of likely N-dealkylation sites (N-methyl/N-ethyl adjacent to an activating group) is 1. The van der Waals surface area contributed by atoms with E-state index in [9.17, 15) is 9.59 Å². The van der Waals surface area contributed by atoms with Crippen LogP contribution in [0.3, 0.4) is 0 Å². The summed E-state index contributed by atoms with van der Waals surface area (Å²) in [7, 11) is 5.76. The molecule has 0 bridgehead atoms. The van der Waals surface area contributed by atoms with Crippen molar-refractivity contribution >= 4 is 23.1 Å². The van der Waals surface area contributed by atoms with Gasteiger partial charge in [-0.15, -0.1) is 0 Å². The molecule has 0 aromatic heterocycles. The van der Waals surface area contributed by atoms with Gasteiger partial charge in [-0.2, -0.15) is 0 Å². The molecular formula is C32H49N3O3. The molecule has 210 valence electrons. The molecule has 3 rings (SSSR count). The maximum atomic E-state index is 12.3. The lowest BCUT2D eigenvalue weighted by atomic mass is 9.80. The molecule has 0 saturated heterocycles. The minimum Gasteiger partial charge on any atom is -0.496 e. The van der Waals surface area contributed by atoms with Crippen molar-refractivity contribution in [3.63, 3.8) is 0 Å². The van der Waals surface area contributed by atoms with Gasteiger partial charge in [0.2, 0.25) is 5.91 Å². The van der Waals surface area contributed by atoms with E-state index in [1.807, 2.05) is 45.3 Å². The van der Waals surface area contributed by atoms with Crippen LogP contribution in [-0.4, -0.2) is 50.9 Å². The molecule has 0 aliphatic heterocycles. The van der Waals surface area contributed by atoms with E-state index >= 15 is 0 Å². The SMILES string of the molecule is CCC1CCC(C(=O)Nc2ccc(OC)c(C)c2)CC1.CCc1c(C)cc(NCCN(C)C)cc1C(C)=O. The zero-order valence-electron chi connectivity index (χ0n) is 24.9. The summed E-state index contributed by atoms with van der Waals surface area (Å²) in [5.41, 5.74) is 6.16. The van der Waals surface area contributed by atoms with Crippen molar-refractivity contribution in [3.8, 4) is 5.75 Å². The Labute approximate surface area is 230 Å². The van der Waals surface area contributed by atoms with E-state index in [0.29, 0.717) is 0 Å². The smallest absolute Gasteiger partial charge is 0.227 e. The number of nitrogens with one attached hydrogen (secondary N) is 2. The summed E-state index contributed by atoms with van der Waals surface area (Å²) in [5.74, 6) is 2.17. The van der Waals surface area contributed by atoms with Gasteiger partial charge in [0.25, 0.3) is 0 Å². The quantitative estimate of drug-likeness (QED) is 0.332. The second-order valence-corrected chi connectivity index (χ2v) is 10.8. The highest BCUT2D eigenvalue weighted by Crippen LogP contribution is 2.31. The highest BCUT2D eigenvalue weighted by Gasteiger charge is 2.25. The maximum Gasteiger partial charge on any atom is 0.227 e.